The maximum atomic E-state index is 13.2. The number of hydrogen-bond donors (Lipinski definition) is 1. The highest BCUT2D eigenvalue weighted by Crippen LogP contribution is 2.18. The standard InChI is InChI=1S/C15H17FN4OS/c16-12-3-1-2-11(6-12)8-20-5-4-19(10-14(20)21)9-13-7-18-15(17)22-13/h1-3,6-7H,4-5,8-10H2,(H2,17,18). The van der Waals surface area contributed by atoms with Crippen molar-refractivity contribution in [2.45, 2.75) is 13.1 Å². The maximum Gasteiger partial charge on any atom is 0.237 e. The van der Waals surface area contributed by atoms with E-state index in [1.54, 1.807) is 17.2 Å². The molecule has 0 saturated carbocycles. The average Bonchev–Trinajstić information content (AvgIpc) is 2.87. The predicted molar refractivity (Wildman–Crippen MR) is 83.6 cm³/mol. The minimum absolute atomic E-state index is 0.0630. The number of thiazole rings is 1. The Hall–Kier alpha value is -1.99. The van der Waals surface area contributed by atoms with Crippen LogP contribution >= 0.6 is 11.3 Å². The molecule has 0 radical (unpaired) electrons. The molecular formula is C15H17FN4OS. The van der Waals surface area contributed by atoms with E-state index in [1.165, 1.54) is 23.5 Å². The first kappa shape index (κ1) is 14.9. The molecule has 0 aliphatic carbocycles. The summed E-state index contributed by atoms with van der Waals surface area (Å²) in [4.78, 5) is 21.2. The SMILES string of the molecule is Nc1ncc(CN2CCN(Cc3cccc(F)c3)C(=O)C2)s1. The highest BCUT2D eigenvalue weighted by Gasteiger charge is 2.24. The lowest BCUT2D eigenvalue weighted by Gasteiger charge is -2.34. The van der Waals surface area contributed by atoms with Gasteiger partial charge >= 0.3 is 0 Å². The van der Waals surface area contributed by atoms with Crippen LogP contribution < -0.4 is 5.73 Å². The Morgan fingerprint density at radius 2 is 2.18 bits per heavy atom. The monoisotopic (exact) mass is 320 g/mol. The van der Waals surface area contributed by atoms with Crippen LogP contribution in [0.5, 0.6) is 0 Å². The van der Waals surface area contributed by atoms with Crippen molar-refractivity contribution < 1.29 is 9.18 Å². The average molecular weight is 320 g/mol. The Balaban J connectivity index is 1.57. The summed E-state index contributed by atoms with van der Waals surface area (Å²) >= 11 is 1.45. The Labute approximate surface area is 132 Å². The number of aromatic nitrogens is 1. The van der Waals surface area contributed by atoms with Gasteiger partial charge in [-0.1, -0.05) is 12.1 Å². The van der Waals surface area contributed by atoms with Gasteiger partial charge in [0.2, 0.25) is 5.91 Å². The molecule has 1 aromatic carbocycles. The van der Waals surface area contributed by atoms with Gasteiger partial charge in [-0.15, -0.1) is 11.3 Å². The second-order valence-corrected chi connectivity index (χ2v) is 6.47. The molecule has 22 heavy (non-hydrogen) atoms. The van der Waals surface area contributed by atoms with Gasteiger partial charge in [0, 0.05) is 37.3 Å². The number of piperazine rings is 1. The molecule has 2 aromatic rings. The molecule has 1 fully saturated rings. The second-order valence-electron chi connectivity index (χ2n) is 5.32. The Bertz CT molecular complexity index is 675. The van der Waals surface area contributed by atoms with Crippen LogP contribution in [-0.2, 0) is 17.9 Å². The van der Waals surface area contributed by atoms with E-state index < -0.39 is 0 Å². The molecule has 1 aromatic heterocycles. The van der Waals surface area contributed by atoms with E-state index in [4.69, 9.17) is 5.73 Å². The lowest BCUT2D eigenvalue weighted by atomic mass is 10.2. The molecule has 5 nitrogen and oxygen atoms in total. The molecule has 2 N–H and O–H groups in total. The largest absolute Gasteiger partial charge is 0.375 e. The van der Waals surface area contributed by atoms with Crippen molar-refractivity contribution in [2.75, 3.05) is 25.4 Å². The number of amides is 1. The van der Waals surface area contributed by atoms with Gasteiger partial charge in [0.25, 0.3) is 0 Å². The molecule has 1 amide bonds. The van der Waals surface area contributed by atoms with Crippen molar-refractivity contribution >= 4 is 22.4 Å². The summed E-state index contributed by atoms with van der Waals surface area (Å²) in [7, 11) is 0. The van der Waals surface area contributed by atoms with Crippen LogP contribution in [0.25, 0.3) is 0 Å². The summed E-state index contributed by atoms with van der Waals surface area (Å²) in [5, 5.41) is 0.547. The molecule has 1 aliphatic heterocycles. The first-order valence-electron chi connectivity index (χ1n) is 7.05. The normalized spacial score (nSPS) is 16.2. The molecule has 0 atom stereocenters. The number of nitrogens with two attached hydrogens (primary N) is 1. The fourth-order valence-electron chi connectivity index (χ4n) is 2.53. The molecule has 0 spiro atoms. The van der Waals surface area contributed by atoms with Gasteiger partial charge in [0.1, 0.15) is 5.82 Å². The van der Waals surface area contributed by atoms with Crippen molar-refractivity contribution in [3.05, 3.63) is 46.7 Å². The highest BCUT2D eigenvalue weighted by molar-refractivity contribution is 7.15. The van der Waals surface area contributed by atoms with Gasteiger partial charge in [-0.3, -0.25) is 9.69 Å². The van der Waals surface area contributed by atoms with Crippen molar-refractivity contribution in [1.29, 1.82) is 0 Å². The minimum atomic E-state index is -0.272. The number of carbonyl (C=O) groups excluding carboxylic acids is 1. The van der Waals surface area contributed by atoms with Gasteiger partial charge in [-0.25, -0.2) is 9.37 Å². The highest BCUT2D eigenvalue weighted by atomic mass is 32.1. The number of halogens is 1. The summed E-state index contributed by atoms with van der Waals surface area (Å²) in [6.07, 6.45) is 1.75. The number of hydrogen-bond acceptors (Lipinski definition) is 5. The zero-order valence-electron chi connectivity index (χ0n) is 12.0. The first-order chi connectivity index (χ1) is 10.6. The lowest BCUT2D eigenvalue weighted by molar-refractivity contribution is -0.136. The lowest BCUT2D eigenvalue weighted by Crippen LogP contribution is -2.49. The quantitative estimate of drug-likeness (QED) is 0.931. The van der Waals surface area contributed by atoms with Gasteiger partial charge in [0.15, 0.2) is 5.13 Å². The number of anilines is 1. The van der Waals surface area contributed by atoms with Crippen LogP contribution in [-0.4, -0.2) is 40.3 Å². The van der Waals surface area contributed by atoms with Crippen LogP contribution in [0.3, 0.4) is 0 Å². The summed E-state index contributed by atoms with van der Waals surface area (Å²) in [6.45, 7) is 2.95. The third kappa shape index (κ3) is 3.61. The summed E-state index contributed by atoms with van der Waals surface area (Å²) in [5.74, 6) is -0.209. The van der Waals surface area contributed by atoms with Gasteiger partial charge in [0.05, 0.1) is 6.54 Å². The molecule has 7 heteroatoms. The second kappa shape index (κ2) is 6.41. The summed E-state index contributed by atoms with van der Waals surface area (Å²) in [6, 6.07) is 6.38. The van der Waals surface area contributed by atoms with E-state index in [0.29, 0.717) is 31.3 Å². The van der Waals surface area contributed by atoms with E-state index >= 15 is 0 Å². The molecule has 2 heterocycles. The molecule has 1 aliphatic rings. The number of carbonyl (C=O) groups is 1. The van der Waals surface area contributed by atoms with Gasteiger partial charge < -0.3 is 10.6 Å². The van der Waals surface area contributed by atoms with Crippen LogP contribution in [0.4, 0.5) is 9.52 Å². The molecular weight excluding hydrogens is 303 g/mol. The van der Waals surface area contributed by atoms with Crippen molar-refractivity contribution in [1.82, 2.24) is 14.8 Å². The topological polar surface area (TPSA) is 62.5 Å². The fourth-order valence-corrected chi connectivity index (χ4v) is 3.26. The van der Waals surface area contributed by atoms with E-state index in [9.17, 15) is 9.18 Å². The number of benzene rings is 1. The third-order valence-electron chi connectivity index (χ3n) is 3.61. The molecule has 0 unspecified atom stereocenters. The third-order valence-corrected chi connectivity index (χ3v) is 4.42. The minimum Gasteiger partial charge on any atom is -0.375 e. The van der Waals surface area contributed by atoms with Crippen molar-refractivity contribution in [2.24, 2.45) is 0 Å². The van der Waals surface area contributed by atoms with Crippen LogP contribution in [0, 0.1) is 5.82 Å². The number of rotatable bonds is 4. The van der Waals surface area contributed by atoms with Crippen molar-refractivity contribution in [3.63, 3.8) is 0 Å². The summed E-state index contributed by atoms with van der Waals surface area (Å²) in [5.41, 5.74) is 6.43. The zero-order chi connectivity index (χ0) is 15.5. The van der Waals surface area contributed by atoms with Crippen LogP contribution in [0.15, 0.2) is 30.5 Å². The van der Waals surface area contributed by atoms with Gasteiger partial charge in [-0.05, 0) is 17.7 Å². The number of nitrogen functional groups attached to an aromatic ring is 1. The van der Waals surface area contributed by atoms with Gasteiger partial charge in [-0.2, -0.15) is 0 Å². The van der Waals surface area contributed by atoms with E-state index in [2.05, 4.69) is 9.88 Å². The Morgan fingerprint density at radius 1 is 1.32 bits per heavy atom. The smallest absolute Gasteiger partial charge is 0.237 e. The Kier molecular flexibility index (Phi) is 4.35. The predicted octanol–water partition coefficient (Wildman–Crippen LogP) is 1.71. The number of nitrogens with zero attached hydrogens (tertiary/aromatic N) is 3. The van der Waals surface area contributed by atoms with Crippen LogP contribution in [0.2, 0.25) is 0 Å². The molecule has 1 saturated heterocycles. The first-order valence-corrected chi connectivity index (χ1v) is 7.86. The van der Waals surface area contributed by atoms with E-state index in [1.807, 2.05) is 6.07 Å². The van der Waals surface area contributed by atoms with E-state index in [-0.39, 0.29) is 11.7 Å². The zero-order valence-corrected chi connectivity index (χ0v) is 12.9. The molecule has 0 bridgehead atoms. The van der Waals surface area contributed by atoms with Crippen LogP contribution in [0.1, 0.15) is 10.4 Å². The fraction of sp³-hybridized carbons (Fsp3) is 0.333. The summed E-state index contributed by atoms with van der Waals surface area (Å²) < 4.78 is 13.2. The Morgan fingerprint density at radius 3 is 2.86 bits per heavy atom. The molecule has 116 valence electrons. The van der Waals surface area contributed by atoms with Crippen molar-refractivity contribution in [3.8, 4) is 0 Å². The van der Waals surface area contributed by atoms with E-state index in [0.717, 1.165) is 17.0 Å². The molecule has 3 rings (SSSR count). The maximum absolute atomic E-state index is 13.2.